The molecule has 0 bridgehead atoms. The number of nitrogens with one attached hydrogen (secondary N) is 1. The highest BCUT2D eigenvalue weighted by atomic mass is 16.2. The number of rotatable bonds is 1. The molecule has 2 rings (SSSR count). The second-order valence-corrected chi connectivity index (χ2v) is 2.74. The molecule has 0 aliphatic carbocycles. The molecular formula is C9H10N2O. The van der Waals surface area contributed by atoms with Gasteiger partial charge in [-0.15, -0.1) is 0 Å². The lowest BCUT2D eigenvalue weighted by Crippen LogP contribution is -2.25. The fourth-order valence-electron chi connectivity index (χ4n) is 1.30. The zero-order valence-electron chi connectivity index (χ0n) is 6.66. The monoisotopic (exact) mass is 162 g/mol. The molecule has 1 aliphatic heterocycles. The Bertz CT molecular complexity index is 284. The van der Waals surface area contributed by atoms with Crippen LogP contribution in [0.15, 0.2) is 30.3 Å². The Balaban J connectivity index is 2.25. The van der Waals surface area contributed by atoms with Crippen molar-refractivity contribution in [1.82, 2.24) is 5.32 Å². The van der Waals surface area contributed by atoms with Gasteiger partial charge < -0.3 is 0 Å². The highest BCUT2D eigenvalue weighted by Gasteiger charge is 2.20. The van der Waals surface area contributed by atoms with Gasteiger partial charge in [-0.1, -0.05) is 18.2 Å². The number of nitrogens with zero attached hydrogens (tertiary/aromatic N) is 1. The van der Waals surface area contributed by atoms with Crippen molar-refractivity contribution in [2.45, 2.75) is 0 Å². The van der Waals surface area contributed by atoms with Gasteiger partial charge in [0.1, 0.15) is 0 Å². The number of benzene rings is 1. The quantitative estimate of drug-likeness (QED) is 0.655. The molecule has 0 atom stereocenters. The van der Waals surface area contributed by atoms with E-state index >= 15 is 0 Å². The number of anilines is 1. The summed E-state index contributed by atoms with van der Waals surface area (Å²) in [4.78, 5) is 13.0. The van der Waals surface area contributed by atoms with Crippen LogP contribution in [-0.4, -0.2) is 19.1 Å². The fraction of sp³-hybridized carbons (Fsp3) is 0.222. The number of carbonyl (C=O) groups excluding carboxylic acids is 1. The summed E-state index contributed by atoms with van der Waals surface area (Å²) >= 11 is 0. The Labute approximate surface area is 71.0 Å². The maximum atomic E-state index is 11.2. The smallest absolute Gasteiger partial charge is 0.242 e. The maximum absolute atomic E-state index is 11.2. The van der Waals surface area contributed by atoms with Crippen molar-refractivity contribution in [2.24, 2.45) is 0 Å². The molecular weight excluding hydrogens is 152 g/mol. The second-order valence-electron chi connectivity index (χ2n) is 2.74. The van der Waals surface area contributed by atoms with Crippen LogP contribution in [0.2, 0.25) is 0 Å². The molecule has 62 valence electrons. The molecule has 1 aliphatic rings. The van der Waals surface area contributed by atoms with Gasteiger partial charge in [-0.05, 0) is 12.1 Å². The number of carbonyl (C=O) groups is 1. The van der Waals surface area contributed by atoms with Gasteiger partial charge in [-0.3, -0.25) is 15.0 Å². The van der Waals surface area contributed by atoms with E-state index in [1.165, 1.54) is 0 Å². The zero-order valence-corrected chi connectivity index (χ0v) is 6.66. The SMILES string of the molecule is O=C1CNCN1c1ccccc1. The average Bonchev–Trinajstić information content (AvgIpc) is 2.53. The molecule has 0 unspecified atom stereocenters. The lowest BCUT2D eigenvalue weighted by atomic mass is 10.3. The van der Waals surface area contributed by atoms with E-state index in [4.69, 9.17) is 0 Å². The summed E-state index contributed by atoms with van der Waals surface area (Å²) in [6.07, 6.45) is 0. The standard InChI is InChI=1S/C9H10N2O/c12-9-6-10-7-11(9)8-4-2-1-3-5-8/h1-5,10H,6-7H2. The van der Waals surface area contributed by atoms with Crippen molar-refractivity contribution in [3.8, 4) is 0 Å². The van der Waals surface area contributed by atoms with E-state index in [1.807, 2.05) is 30.3 Å². The Kier molecular flexibility index (Phi) is 1.80. The van der Waals surface area contributed by atoms with Crippen molar-refractivity contribution in [2.75, 3.05) is 18.1 Å². The first-order valence-electron chi connectivity index (χ1n) is 3.94. The molecule has 1 fully saturated rings. The minimum absolute atomic E-state index is 0.140. The van der Waals surface area contributed by atoms with Gasteiger partial charge >= 0.3 is 0 Å². The third kappa shape index (κ3) is 1.19. The van der Waals surface area contributed by atoms with Crippen LogP contribution < -0.4 is 10.2 Å². The number of hydrogen-bond acceptors (Lipinski definition) is 2. The topological polar surface area (TPSA) is 32.3 Å². The highest BCUT2D eigenvalue weighted by molar-refractivity contribution is 5.96. The van der Waals surface area contributed by atoms with Gasteiger partial charge in [0.25, 0.3) is 0 Å². The first-order valence-corrected chi connectivity index (χ1v) is 3.94. The van der Waals surface area contributed by atoms with Gasteiger partial charge in [0.2, 0.25) is 5.91 Å². The molecule has 0 spiro atoms. The molecule has 1 aromatic rings. The van der Waals surface area contributed by atoms with E-state index in [1.54, 1.807) is 4.90 Å². The van der Waals surface area contributed by atoms with E-state index in [0.29, 0.717) is 13.2 Å². The summed E-state index contributed by atoms with van der Waals surface area (Å²) in [6, 6.07) is 9.68. The summed E-state index contributed by atoms with van der Waals surface area (Å²) in [5.41, 5.74) is 0.965. The van der Waals surface area contributed by atoms with Crippen molar-refractivity contribution in [1.29, 1.82) is 0 Å². The lowest BCUT2D eigenvalue weighted by Gasteiger charge is -2.13. The molecule has 1 heterocycles. The Morgan fingerprint density at radius 1 is 1.25 bits per heavy atom. The van der Waals surface area contributed by atoms with Crippen LogP contribution in [0.3, 0.4) is 0 Å². The van der Waals surface area contributed by atoms with Crippen LogP contribution in [0.4, 0.5) is 5.69 Å². The maximum Gasteiger partial charge on any atom is 0.242 e. The Morgan fingerprint density at radius 3 is 2.58 bits per heavy atom. The first kappa shape index (κ1) is 7.31. The molecule has 3 heteroatoms. The highest BCUT2D eigenvalue weighted by Crippen LogP contribution is 2.13. The third-order valence-electron chi connectivity index (χ3n) is 1.92. The molecule has 1 amide bonds. The van der Waals surface area contributed by atoms with Gasteiger partial charge in [0, 0.05) is 5.69 Å². The zero-order chi connectivity index (χ0) is 8.39. The van der Waals surface area contributed by atoms with E-state index < -0.39 is 0 Å². The van der Waals surface area contributed by atoms with Gasteiger partial charge in [0.15, 0.2) is 0 Å². The summed E-state index contributed by atoms with van der Waals surface area (Å²) < 4.78 is 0. The van der Waals surface area contributed by atoms with Crippen LogP contribution in [0.25, 0.3) is 0 Å². The molecule has 1 N–H and O–H groups in total. The van der Waals surface area contributed by atoms with E-state index in [0.717, 1.165) is 5.69 Å². The molecule has 0 saturated carbocycles. The Hall–Kier alpha value is -1.35. The molecule has 0 aromatic heterocycles. The van der Waals surface area contributed by atoms with Crippen molar-refractivity contribution >= 4 is 11.6 Å². The van der Waals surface area contributed by atoms with E-state index in [9.17, 15) is 4.79 Å². The summed E-state index contributed by atoms with van der Waals surface area (Å²) in [5, 5.41) is 3.00. The van der Waals surface area contributed by atoms with E-state index in [-0.39, 0.29) is 5.91 Å². The summed E-state index contributed by atoms with van der Waals surface area (Å²) in [6.45, 7) is 1.08. The van der Waals surface area contributed by atoms with E-state index in [2.05, 4.69) is 5.32 Å². The fourth-order valence-corrected chi connectivity index (χ4v) is 1.30. The summed E-state index contributed by atoms with van der Waals surface area (Å²) in [5.74, 6) is 0.140. The Morgan fingerprint density at radius 2 is 2.00 bits per heavy atom. The first-order chi connectivity index (χ1) is 5.88. The molecule has 1 saturated heterocycles. The minimum atomic E-state index is 0.140. The largest absolute Gasteiger partial charge is 0.298 e. The van der Waals surface area contributed by atoms with Crippen LogP contribution in [0.5, 0.6) is 0 Å². The van der Waals surface area contributed by atoms with Gasteiger partial charge in [-0.2, -0.15) is 0 Å². The van der Waals surface area contributed by atoms with Crippen LogP contribution in [0.1, 0.15) is 0 Å². The molecule has 1 aromatic carbocycles. The molecule has 12 heavy (non-hydrogen) atoms. The van der Waals surface area contributed by atoms with Crippen molar-refractivity contribution in [3.05, 3.63) is 30.3 Å². The van der Waals surface area contributed by atoms with Crippen molar-refractivity contribution < 1.29 is 4.79 Å². The van der Waals surface area contributed by atoms with Crippen LogP contribution in [0, 0.1) is 0 Å². The predicted molar refractivity (Wildman–Crippen MR) is 46.8 cm³/mol. The normalized spacial score (nSPS) is 17.0. The van der Waals surface area contributed by atoms with Gasteiger partial charge in [0.05, 0.1) is 13.2 Å². The number of para-hydroxylation sites is 1. The number of amides is 1. The number of hydrogen-bond donors (Lipinski definition) is 1. The van der Waals surface area contributed by atoms with Crippen molar-refractivity contribution in [3.63, 3.8) is 0 Å². The predicted octanol–water partition coefficient (Wildman–Crippen LogP) is 0.580. The average molecular weight is 162 g/mol. The summed E-state index contributed by atoms with van der Waals surface area (Å²) in [7, 11) is 0. The lowest BCUT2D eigenvalue weighted by molar-refractivity contribution is -0.116. The van der Waals surface area contributed by atoms with Crippen LogP contribution >= 0.6 is 0 Å². The van der Waals surface area contributed by atoms with Gasteiger partial charge in [-0.25, -0.2) is 0 Å². The van der Waals surface area contributed by atoms with Crippen LogP contribution in [-0.2, 0) is 4.79 Å². The third-order valence-corrected chi connectivity index (χ3v) is 1.92. The second kappa shape index (κ2) is 2.95. The molecule has 3 nitrogen and oxygen atoms in total. The minimum Gasteiger partial charge on any atom is -0.298 e. The molecule has 0 radical (unpaired) electrons.